The lowest BCUT2D eigenvalue weighted by Crippen LogP contribution is -2.54. The lowest BCUT2D eigenvalue weighted by molar-refractivity contribution is -0.273. The predicted octanol–water partition coefficient (Wildman–Crippen LogP) is 3.85. The van der Waals surface area contributed by atoms with Gasteiger partial charge in [-0.25, -0.2) is 0 Å². The third-order valence-electron chi connectivity index (χ3n) is 5.25. The van der Waals surface area contributed by atoms with Gasteiger partial charge in [0.15, 0.2) is 0 Å². The van der Waals surface area contributed by atoms with Gasteiger partial charge in [-0.05, 0) is 43.1 Å². The quantitative estimate of drug-likeness (QED) is 0.847. The van der Waals surface area contributed by atoms with E-state index in [4.69, 9.17) is 0 Å². The molecule has 0 saturated heterocycles. The van der Waals surface area contributed by atoms with Crippen LogP contribution < -0.4 is 5.11 Å². The topological polar surface area (TPSA) is 43.4 Å². The summed E-state index contributed by atoms with van der Waals surface area (Å²) in [5.41, 5.74) is 1.03. The number of hydrogen-bond donors (Lipinski definition) is 0. The van der Waals surface area contributed by atoms with Crippen LogP contribution in [0, 0.1) is 17.8 Å². The molecule has 4 atom stereocenters. The number of carbonyl (C=O) groups excluding carboxylic acids is 1. The van der Waals surface area contributed by atoms with Crippen molar-refractivity contribution in [3.05, 3.63) is 35.9 Å². The number of benzene rings is 1. The Balaban J connectivity index is 2.30. The maximum atomic E-state index is 11.9. The highest BCUT2D eigenvalue weighted by atomic mass is 16.4. The Morgan fingerprint density at radius 3 is 2.36 bits per heavy atom. The number of carbonyl (C=O) groups is 1. The SMILES string of the molecule is CC1CCC(C(C)C)C(N(C(=O)[O-])C(C)c2ccccc2)C1. The maximum absolute atomic E-state index is 11.9. The Kier molecular flexibility index (Phi) is 5.49. The second-order valence-corrected chi connectivity index (χ2v) is 7.15. The summed E-state index contributed by atoms with van der Waals surface area (Å²) in [6, 6.07) is 9.77. The third-order valence-corrected chi connectivity index (χ3v) is 5.25. The molecule has 0 heterocycles. The van der Waals surface area contributed by atoms with Crippen LogP contribution in [-0.4, -0.2) is 17.0 Å². The first-order valence-electron chi connectivity index (χ1n) is 8.46. The van der Waals surface area contributed by atoms with Crippen LogP contribution >= 0.6 is 0 Å². The molecule has 0 aliphatic heterocycles. The summed E-state index contributed by atoms with van der Waals surface area (Å²) < 4.78 is 0. The molecule has 22 heavy (non-hydrogen) atoms. The van der Waals surface area contributed by atoms with Crippen LogP contribution in [0.15, 0.2) is 30.3 Å². The molecule has 0 spiro atoms. The van der Waals surface area contributed by atoms with Crippen molar-refractivity contribution >= 4 is 6.09 Å². The van der Waals surface area contributed by atoms with Crippen LogP contribution in [0.25, 0.3) is 0 Å². The molecular weight excluding hydrogens is 274 g/mol. The molecule has 1 fully saturated rings. The summed E-state index contributed by atoms with van der Waals surface area (Å²) >= 11 is 0. The average Bonchev–Trinajstić information content (AvgIpc) is 2.47. The Morgan fingerprint density at radius 1 is 1.18 bits per heavy atom. The molecule has 1 aromatic rings. The monoisotopic (exact) mass is 302 g/mol. The minimum atomic E-state index is -1.04. The third kappa shape index (κ3) is 3.63. The highest BCUT2D eigenvalue weighted by Crippen LogP contribution is 2.39. The number of nitrogens with zero attached hydrogens (tertiary/aromatic N) is 1. The van der Waals surface area contributed by atoms with E-state index in [-0.39, 0.29) is 12.1 Å². The standard InChI is InChI=1S/C19H29NO2/c1-13(2)17-11-10-14(3)12-18(17)20(19(21)22)15(4)16-8-6-5-7-9-16/h5-9,13-15,17-18H,10-12H2,1-4H3,(H,21,22)/p-1. The van der Waals surface area contributed by atoms with Gasteiger partial charge in [0.1, 0.15) is 6.09 Å². The van der Waals surface area contributed by atoms with E-state index in [1.807, 2.05) is 37.3 Å². The molecule has 1 aliphatic rings. The molecule has 0 radical (unpaired) electrons. The molecule has 0 bridgehead atoms. The first-order chi connectivity index (χ1) is 10.4. The zero-order valence-corrected chi connectivity index (χ0v) is 14.2. The summed E-state index contributed by atoms with van der Waals surface area (Å²) in [4.78, 5) is 13.5. The van der Waals surface area contributed by atoms with Crippen LogP contribution in [0.3, 0.4) is 0 Å². The molecule has 1 amide bonds. The van der Waals surface area contributed by atoms with E-state index in [0.717, 1.165) is 18.4 Å². The zero-order valence-electron chi connectivity index (χ0n) is 14.2. The molecular formula is C19H28NO2-. The van der Waals surface area contributed by atoms with Gasteiger partial charge in [-0.2, -0.15) is 0 Å². The van der Waals surface area contributed by atoms with Crippen LogP contribution in [0.2, 0.25) is 0 Å². The highest BCUT2D eigenvalue weighted by Gasteiger charge is 2.36. The van der Waals surface area contributed by atoms with Gasteiger partial charge in [0, 0.05) is 6.04 Å². The van der Waals surface area contributed by atoms with Gasteiger partial charge in [-0.15, -0.1) is 0 Å². The molecule has 0 N–H and O–H groups in total. The number of carboxylic acid groups (broad SMARTS) is 1. The van der Waals surface area contributed by atoms with Crippen LogP contribution in [-0.2, 0) is 0 Å². The van der Waals surface area contributed by atoms with Gasteiger partial charge < -0.3 is 14.8 Å². The van der Waals surface area contributed by atoms with E-state index >= 15 is 0 Å². The fourth-order valence-electron chi connectivity index (χ4n) is 3.94. The second-order valence-electron chi connectivity index (χ2n) is 7.15. The van der Waals surface area contributed by atoms with E-state index in [2.05, 4.69) is 20.8 Å². The molecule has 1 saturated carbocycles. The normalized spacial score (nSPS) is 26.7. The van der Waals surface area contributed by atoms with E-state index in [9.17, 15) is 9.90 Å². The van der Waals surface area contributed by atoms with Gasteiger partial charge in [0.25, 0.3) is 0 Å². The van der Waals surface area contributed by atoms with E-state index in [0.29, 0.717) is 17.8 Å². The molecule has 3 heteroatoms. The lowest BCUT2D eigenvalue weighted by atomic mass is 9.73. The maximum Gasteiger partial charge on any atom is 0.137 e. The summed E-state index contributed by atoms with van der Waals surface area (Å²) in [6.07, 6.45) is 2.20. The Hall–Kier alpha value is -1.51. The summed E-state index contributed by atoms with van der Waals surface area (Å²) in [5.74, 6) is 1.48. The Bertz CT molecular complexity index is 485. The van der Waals surface area contributed by atoms with Crippen molar-refractivity contribution in [1.82, 2.24) is 4.90 Å². The van der Waals surface area contributed by atoms with E-state index < -0.39 is 6.09 Å². The summed E-state index contributed by atoms with van der Waals surface area (Å²) in [5, 5.41) is 11.9. The number of rotatable bonds is 4. The summed E-state index contributed by atoms with van der Waals surface area (Å²) in [7, 11) is 0. The fraction of sp³-hybridized carbons (Fsp3) is 0.632. The van der Waals surface area contributed by atoms with Crippen molar-refractivity contribution in [1.29, 1.82) is 0 Å². The van der Waals surface area contributed by atoms with E-state index in [1.165, 1.54) is 6.42 Å². The first-order valence-corrected chi connectivity index (χ1v) is 8.46. The second kappa shape index (κ2) is 7.17. The molecule has 1 aromatic carbocycles. The van der Waals surface area contributed by atoms with Crippen molar-refractivity contribution < 1.29 is 9.90 Å². The molecule has 3 nitrogen and oxygen atoms in total. The van der Waals surface area contributed by atoms with Crippen LogP contribution in [0.1, 0.15) is 58.6 Å². The fourth-order valence-corrected chi connectivity index (χ4v) is 3.94. The van der Waals surface area contributed by atoms with Crippen molar-refractivity contribution in [3.8, 4) is 0 Å². The van der Waals surface area contributed by atoms with Gasteiger partial charge in [0.2, 0.25) is 0 Å². The number of hydrogen-bond acceptors (Lipinski definition) is 2. The summed E-state index contributed by atoms with van der Waals surface area (Å²) in [6.45, 7) is 8.61. The van der Waals surface area contributed by atoms with Crippen molar-refractivity contribution in [3.63, 3.8) is 0 Å². The lowest BCUT2D eigenvalue weighted by Gasteiger charge is -2.47. The zero-order chi connectivity index (χ0) is 16.3. The Morgan fingerprint density at radius 2 is 1.82 bits per heavy atom. The van der Waals surface area contributed by atoms with Gasteiger partial charge in [0.05, 0.1) is 6.04 Å². The van der Waals surface area contributed by atoms with Gasteiger partial charge in [-0.1, -0.05) is 57.5 Å². The molecule has 4 unspecified atom stereocenters. The highest BCUT2D eigenvalue weighted by molar-refractivity contribution is 5.64. The van der Waals surface area contributed by atoms with Crippen molar-refractivity contribution in [2.24, 2.45) is 17.8 Å². The molecule has 0 aromatic heterocycles. The first kappa shape index (κ1) is 16.9. The Labute approximate surface area is 134 Å². The van der Waals surface area contributed by atoms with Gasteiger partial charge in [-0.3, -0.25) is 0 Å². The largest absolute Gasteiger partial charge is 0.530 e. The molecule has 122 valence electrons. The average molecular weight is 302 g/mol. The van der Waals surface area contributed by atoms with Crippen LogP contribution in [0.5, 0.6) is 0 Å². The van der Waals surface area contributed by atoms with Crippen molar-refractivity contribution in [2.75, 3.05) is 0 Å². The van der Waals surface area contributed by atoms with Crippen LogP contribution in [0.4, 0.5) is 4.79 Å². The molecule has 2 rings (SSSR count). The smallest absolute Gasteiger partial charge is 0.137 e. The minimum absolute atomic E-state index is 0.0592. The van der Waals surface area contributed by atoms with Gasteiger partial charge >= 0.3 is 0 Å². The minimum Gasteiger partial charge on any atom is -0.530 e. The van der Waals surface area contributed by atoms with Crippen molar-refractivity contribution in [2.45, 2.75) is 59.0 Å². The van der Waals surface area contributed by atoms with E-state index in [1.54, 1.807) is 4.90 Å². The number of amides is 1. The molecule has 1 aliphatic carbocycles. The predicted molar refractivity (Wildman–Crippen MR) is 87.2 cm³/mol.